The zero-order valence-electron chi connectivity index (χ0n) is 20.8. The second-order valence-electron chi connectivity index (χ2n) is 9.91. The fourth-order valence-electron chi connectivity index (χ4n) is 5.06. The molecule has 3 aromatic rings. The Morgan fingerprint density at radius 2 is 1.83 bits per heavy atom. The lowest BCUT2D eigenvalue weighted by Crippen LogP contribution is -2.37. The lowest BCUT2D eigenvalue weighted by atomic mass is 9.69. The first-order valence-corrected chi connectivity index (χ1v) is 12.8. The van der Waals surface area contributed by atoms with E-state index in [0.29, 0.717) is 57.8 Å². The minimum absolute atomic E-state index is 0.0243. The molecule has 2 aromatic carbocycles. The number of Topliss-reactive ketones (excluding diaryl/α,β-unsaturated/α-hetero) is 1. The van der Waals surface area contributed by atoms with E-state index in [9.17, 15) is 9.59 Å². The number of methoxy groups -OCH3 is 2. The molecule has 0 unspecified atom stereocenters. The number of carbonyl (C=O) groups excluding carboxylic acids is 1. The van der Waals surface area contributed by atoms with Crippen LogP contribution in [-0.4, -0.2) is 30.0 Å². The molecule has 2 N–H and O–H groups in total. The normalized spacial score (nSPS) is 18.2. The molecule has 2 aliphatic rings. The molecule has 7 nitrogen and oxygen atoms in total. The maximum atomic E-state index is 13.6. The molecule has 1 aromatic heterocycles. The number of aromatic amines is 1. The minimum Gasteiger partial charge on any atom is -0.497 e. The van der Waals surface area contributed by atoms with Crippen molar-refractivity contribution < 1.29 is 14.3 Å². The number of nitrogens with one attached hydrogen (secondary N) is 2. The van der Waals surface area contributed by atoms with Crippen molar-refractivity contribution >= 4 is 23.4 Å². The van der Waals surface area contributed by atoms with Crippen LogP contribution in [0.25, 0.3) is 0 Å². The molecule has 186 valence electrons. The van der Waals surface area contributed by atoms with E-state index in [2.05, 4.69) is 24.1 Å². The highest BCUT2D eigenvalue weighted by molar-refractivity contribution is 7.98. The molecule has 8 heteroatoms. The first kappa shape index (κ1) is 24.2. The van der Waals surface area contributed by atoms with Crippen LogP contribution in [0, 0.1) is 5.41 Å². The maximum absolute atomic E-state index is 13.6. The van der Waals surface area contributed by atoms with Crippen LogP contribution in [0.4, 0.5) is 5.82 Å². The third kappa shape index (κ3) is 4.53. The van der Waals surface area contributed by atoms with Gasteiger partial charge in [0.1, 0.15) is 17.3 Å². The Bertz CT molecular complexity index is 1410. The lowest BCUT2D eigenvalue weighted by molar-refractivity contribution is -0.118. The van der Waals surface area contributed by atoms with Gasteiger partial charge in [-0.05, 0) is 35.6 Å². The standard InChI is InChI=1S/C28H29N3O4S/c1-28(2)13-19-23(20(32)14-28)22(18-12-17(34-3)10-11-21(18)35-4)24-25(29-19)30-27(31-26(24)33)36-15-16-8-6-5-7-9-16/h5-12,22H,13-15H2,1-4H3,(H2,29,30,31,33)/t22-/m0/s1. The van der Waals surface area contributed by atoms with Crippen molar-refractivity contribution in [2.45, 2.75) is 43.5 Å². The van der Waals surface area contributed by atoms with E-state index in [1.165, 1.54) is 11.8 Å². The zero-order valence-corrected chi connectivity index (χ0v) is 21.6. The van der Waals surface area contributed by atoms with E-state index in [1.54, 1.807) is 26.4 Å². The van der Waals surface area contributed by atoms with Crippen LogP contribution < -0.4 is 20.3 Å². The SMILES string of the molecule is COc1ccc(OC)c([C@H]2C3=C(CC(C)(C)CC3=O)Nc3nc(SCc4ccccc4)[nH]c(=O)c32)c1. The van der Waals surface area contributed by atoms with Gasteiger partial charge in [-0.15, -0.1) is 0 Å². The van der Waals surface area contributed by atoms with Gasteiger partial charge in [0.25, 0.3) is 5.56 Å². The van der Waals surface area contributed by atoms with Gasteiger partial charge in [-0.25, -0.2) is 4.98 Å². The van der Waals surface area contributed by atoms with Crippen molar-refractivity contribution in [3.63, 3.8) is 0 Å². The largest absolute Gasteiger partial charge is 0.497 e. The van der Waals surface area contributed by atoms with Gasteiger partial charge in [-0.3, -0.25) is 9.59 Å². The number of hydrogen-bond donors (Lipinski definition) is 2. The van der Waals surface area contributed by atoms with Gasteiger partial charge in [0.15, 0.2) is 10.9 Å². The number of allylic oxidation sites excluding steroid dienone is 2. The summed E-state index contributed by atoms with van der Waals surface area (Å²) in [7, 11) is 3.17. The number of H-pyrrole nitrogens is 1. The Kier molecular flexibility index (Phi) is 6.38. The topological polar surface area (TPSA) is 93.3 Å². The van der Waals surface area contributed by atoms with Gasteiger partial charge in [0, 0.05) is 29.0 Å². The number of thioether (sulfide) groups is 1. The second-order valence-corrected chi connectivity index (χ2v) is 10.9. The van der Waals surface area contributed by atoms with Crippen LogP contribution in [0.5, 0.6) is 11.5 Å². The zero-order chi connectivity index (χ0) is 25.4. The summed E-state index contributed by atoms with van der Waals surface area (Å²) in [5.41, 5.74) is 3.20. The van der Waals surface area contributed by atoms with E-state index >= 15 is 0 Å². The number of hydrogen-bond acceptors (Lipinski definition) is 7. The number of anilines is 1. The van der Waals surface area contributed by atoms with E-state index in [0.717, 1.165) is 11.3 Å². The summed E-state index contributed by atoms with van der Waals surface area (Å²) in [5.74, 6) is 1.77. The van der Waals surface area contributed by atoms with Crippen LogP contribution >= 0.6 is 11.8 Å². The van der Waals surface area contributed by atoms with E-state index < -0.39 is 5.92 Å². The highest BCUT2D eigenvalue weighted by Crippen LogP contribution is 2.49. The van der Waals surface area contributed by atoms with Gasteiger partial charge in [-0.2, -0.15) is 0 Å². The van der Waals surface area contributed by atoms with E-state index in [1.807, 2.05) is 36.4 Å². The predicted molar refractivity (Wildman–Crippen MR) is 141 cm³/mol. The molecular formula is C28H29N3O4S. The average molecular weight is 504 g/mol. The average Bonchev–Trinajstić information content (AvgIpc) is 2.85. The number of rotatable bonds is 6. The fraction of sp³-hybridized carbons (Fsp3) is 0.321. The first-order valence-electron chi connectivity index (χ1n) is 11.9. The number of nitrogens with zero attached hydrogens (tertiary/aromatic N) is 1. The fourth-order valence-corrected chi connectivity index (χ4v) is 5.88. The number of benzene rings is 2. The predicted octanol–water partition coefficient (Wildman–Crippen LogP) is 5.28. The summed E-state index contributed by atoms with van der Waals surface area (Å²) in [4.78, 5) is 34.9. The Balaban J connectivity index is 1.65. The number of aromatic nitrogens is 2. The molecule has 0 bridgehead atoms. The van der Waals surface area contributed by atoms with Gasteiger partial charge >= 0.3 is 0 Å². The van der Waals surface area contributed by atoms with Crippen LogP contribution in [0.15, 0.2) is 69.8 Å². The number of carbonyl (C=O) groups is 1. The Morgan fingerprint density at radius 3 is 2.56 bits per heavy atom. The molecule has 0 saturated carbocycles. The summed E-state index contributed by atoms with van der Waals surface area (Å²) < 4.78 is 11.1. The summed E-state index contributed by atoms with van der Waals surface area (Å²) >= 11 is 1.47. The van der Waals surface area contributed by atoms with E-state index in [-0.39, 0.29) is 16.8 Å². The van der Waals surface area contributed by atoms with Crippen LogP contribution in [-0.2, 0) is 10.5 Å². The second kappa shape index (κ2) is 9.50. The molecule has 0 amide bonds. The quantitative estimate of drug-likeness (QED) is 0.349. The van der Waals surface area contributed by atoms with Crippen molar-refractivity contribution in [2.75, 3.05) is 19.5 Å². The van der Waals surface area contributed by atoms with Crippen molar-refractivity contribution in [3.05, 3.63) is 86.8 Å². The van der Waals surface area contributed by atoms with Crippen molar-refractivity contribution in [1.82, 2.24) is 9.97 Å². The molecule has 0 radical (unpaired) electrons. The summed E-state index contributed by atoms with van der Waals surface area (Å²) in [6.45, 7) is 4.17. The van der Waals surface area contributed by atoms with Crippen molar-refractivity contribution in [1.29, 1.82) is 0 Å². The molecule has 36 heavy (non-hydrogen) atoms. The third-order valence-corrected chi connectivity index (χ3v) is 7.61. The van der Waals surface area contributed by atoms with Gasteiger partial charge < -0.3 is 19.8 Å². The molecule has 0 spiro atoms. The smallest absolute Gasteiger partial charge is 0.257 e. The van der Waals surface area contributed by atoms with Crippen LogP contribution in [0.3, 0.4) is 0 Å². The molecule has 0 saturated heterocycles. The number of ketones is 1. The van der Waals surface area contributed by atoms with Gasteiger partial charge in [0.2, 0.25) is 0 Å². The first-order chi connectivity index (χ1) is 17.3. The highest BCUT2D eigenvalue weighted by atomic mass is 32.2. The molecule has 0 fully saturated rings. The van der Waals surface area contributed by atoms with Gasteiger partial charge in [0.05, 0.1) is 25.7 Å². The maximum Gasteiger partial charge on any atom is 0.257 e. The van der Waals surface area contributed by atoms with E-state index in [4.69, 9.17) is 14.5 Å². The highest BCUT2D eigenvalue weighted by Gasteiger charge is 2.43. The molecular weight excluding hydrogens is 474 g/mol. The van der Waals surface area contributed by atoms with Crippen molar-refractivity contribution in [2.24, 2.45) is 5.41 Å². The molecule has 2 heterocycles. The van der Waals surface area contributed by atoms with Crippen molar-refractivity contribution in [3.8, 4) is 11.5 Å². The number of fused-ring (bicyclic) bond motifs is 1. The molecule has 5 rings (SSSR count). The molecule has 1 aliphatic heterocycles. The summed E-state index contributed by atoms with van der Waals surface area (Å²) in [6.07, 6.45) is 1.08. The number of ether oxygens (including phenoxy) is 2. The minimum atomic E-state index is -0.616. The van der Waals surface area contributed by atoms with Crippen LogP contribution in [0.1, 0.15) is 49.3 Å². The lowest BCUT2D eigenvalue weighted by Gasteiger charge is -2.38. The Labute approximate surface area is 214 Å². The summed E-state index contributed by atoms with van der Waals surface area (Å²) in [6, 6.07) is 15.5. The molecule has 1 aliphatic carbocycles. The van der Waals surface area contributed by atoms with Gasteiger partial charge in [-0.1, -0.05) is 55.9 Å². The Hall–Kier alpha value is -3.52. The third-order valence-electron chi connectivity index (χ3n) is 6.67. The van der Waals surface area contributed by atoms with Crippen LogP contribution in [0.2, 0.25) is 0 Å². The monoisotopic (exact) mass is 503 g/mol. The Morgan fingerprint density at radius 1 is 1.06 bits per heavy atom. The molecule has 1 atom stereocenters. The summed E-state index contributed by atoms with van der Waals surface area (Å²) in [5, 5.41) is 3.90.